The predicted octanol–water partition coefficient (Wildman–Crippen LogP) is 3.31. The van der Waals surface area contributed by atoms with E-state index in [2.05, 4.69) is 0 Å². The molecule has 1 aromatic rings. The monoisotopic (exact) mass is 337 g/mol. The Labute approximate surface area is 127 Å². The van der Waals surface area contributed by atoms with E-state index in [4.69, 9.17) is 23.2 Å². The zero-order chi connectivity index (χ0) is 15.8. The van der Waals surface area contributed by atoms with Crippen LogP contribution in [0.4, 0.5) is 13.2 Å². The summed E-state index contributed by atoms with van der Waals surface area (Å²) in [5.41, 5.74) is -0.433. The van der Waals surface area contributed by atoms with Crippen molar-refractivity contribution in [1.82, 2.24) is 4.90 Å². The van der Waals surface area contributed by atoms with Crippen LogP contribution >= 0.6 is 23.2 Å². The summed E-state index contributed by atoms with van der Waals surface area (Å²) < 4.78 is 37.7. The van der Waals surface area contributed by atoms with Crippen LogP contribution < -0.4 is 0 Å². The molecule has 0 saturated carbocycles. The molecule has 0 spiro atoms. The Balaban J connectivity index is 2.09. The van der Waals surface area contributed by atoms with Gasteiger partial charge in [-0.1, -0.05) is 41.4 Å². The van der Waals surface area contributed by atoms with E-state index in [1.807, 2.05) is 0 Å². The number of amides is 2. The molecule has 2 amide bonds. The fraction of sp³-hybridized carbons (Fsp3) is 0.231. The molecule has 112 valence electrons. The van der Waals surface area contributed by atoms with Gasteiger partial charge in [0, 0.05) is 6.54 Å². The summed E-state index contributed by atoms with van der Waals surface area (Å²) in [5.74, 6) is -1.47. The van der Waals surface area contributed by atoms with E-state index in [1.165, 1.54) is 12.1 Å². The molecule has 0 bridgehead atoms. The molecular formula is C13H8Cl2F3NO2. The van der Waals surface area contributed by atoms with Crippen molar-refractivity contribution >= 4 is 35.0 Å². The maximum absolute atomic E-state index is 12.6. The smallest absolute Gasteiger partial charge is 0.272 e. The minimum atomic E-state index is -4.44. The number of rotatable bonds is 3. The number of hydrogen-bond acceptors (Lipinski definition) is 2. The van der Waals surface area contributed by atoms with Gasteiger partial charge in [0.05, 0.1) is 5.56 Å². The first kappa shape index (κ1) is 15.9. The number of halogens is 5. The first-order valence-corrected chi connectivity index (χ1v) is 6.55. The summed E-state index contributed by atoms with van der Waals surface area (Å²) in [6, 6.07) is 4.67. The highest BCUT2D eigenvalue weighted by molar-refractivity contribution is 6.58. The van der Waals surface area contributed by atoms with Gasteiger partial charge in [0.25, 0.3) is 11.8 Å². The number of hydrogen-bond donors (Lipinski definition) is 0. The van der Waals surface area contributed by atoms with Crippen LogP contribution in [0, 0.1) is 0 Å². The fourth-order valence-corrected chi connectivity index (χ4v) is 2.23. The Morgan fingerprint density at radius 2 is 1.62 bits per heavy atom. The second-order valence-corrected chi connectivity index (χ2v) is 5.09. The predicted molar refractivity (Wildman–Crippen MR) is 70.6 cm³/mol. The van der Waals surface area contributed by atoms with E-state index in [1.54, 1.807) is 0 Å². The van der Waals surface area contributed by atoms with Crippen LogP contribution in [-0.2, 0) is 22.2 Å². The standard InChI is InChI=1S/C13H8Cl2F3NO2/c14-9-10(15)12(21)19(11(9)20)5-4-7-2-1-3-8(6-7)13(16,17)18/h1-3,6H,4-5H2. The Morgan fingerprint density at radius 1 is 1.05 bits per heavy atom. The molecule has 2 rings (SSSR count). The van der Waals surface area contributed by atoms with Gasteiger partial charge in [0.1, 0.15) is 10.1 Å². The second-order valence-electron chi connectivity index (χ2n) is 4.34. The minimum Gasteiger partial charge on any atom is -0.272 e. The molecule has 1 aromatic carbocycles. The van der Waals surface area contributed by atoms with Crippen LogP contribution in [0.15, 0.2) is 34.3 Å². The Morgan fingerprint density at radius 3 is 2.14 bits per heavy atom. The lowest BCUT2D eigenvalue weighted by Gasteiger charge is -2.14. The van der Waals surface area contributed by atoms with Crippen LogP contribution in [0.2, 0.25) is 0 Å². The van der Waals surface area contributed by atoms with Crippen LogP contribution in [0.1, 0.15) is 11.1 Å². The molecule has 3 nitrogen and oxygen atoms in total. The lowest BCUT2D eigenvalue weighted by atomic mass is 10.1. The lowest BCUT2D eigenvalue weighted by molar-refractivity contribution is -0.138. The van der Waals surface area contributed by atoms with Crippen molar-refractivity contribution in [3.8, 4) is 0 Å². The molecule has 0 atom stereocenters. The van der Waals surface area contributed by atoms with Crippen molar-refractivity contribution in [3.63, 3.8) is 0 Å². The van der Waals surface area contributed by atoms with E-state index in [-0.39, 0.29) is 23.0 Å². The van der Waals surface area contributed by atoms with Crippen LogP contribution in [-0.4, -0.2) is 23.3 Å². The van der Waals surface area contributed by atoms with E-state index >= 15 is 0 Å². The zero-order valence-electron chi connectivity index (χ0n) is 10.4. The molecule has 21 heavy (non-hydrogen) atoms. The van der Waals surface area contributed by atoms with Crippen molar-refractivity contribution in [2.24, 2.45) is 0 Å². The lowest BCUT2D eigenvalue weighted by Crippen LogP contribution is -2.33. The molecule has 0 radical (unpaired) electrons. The second kappa shape index (κ2) is 5.69. The van der Waals surface area contributed by atoms with Crippen molar-refractivity contribution < 1.29 is 22.8 Å². The summed E-state index contributed by atoms with van der Waals surface area (Å²) in [7, 11) is 0. The molecule has 0 aliphatic carbocycles. The van der Waals surface area contributed by atoms with Crippen molar-refractivity contribution in [3.05, 3.63) is 45.5 Å². The molecule has 0 unspecified atom stereocenters. The van der Waals surface area contributed by atoms with Gasteiger partial charge in [-0.25, -0.2) is 0 Å². The largest absolute Gasteiger partial charge is 0.416 e. The van der Waals surface area contributed by atoms with Gasteiger partial charge in [-0.05, 0) is 18.1 Å². The van der Waals surface area contributed by atoms with E-state index in [0.717, 1.165) is 17.0 Å². The summed E-state index contributed by atoms with van der Waals surface area (Å²) in [4.78, 5) is 24.1. The van der Waals surface area contributed by atoms with Gasteiger partial charge in [0.15, 0.2) is 0 Å². The molecule has 8 heteroatoms. The van der Waals surface area contributed by atoms with Crippen molar-refractivity contribution in [2.45, 2.75) is 12.6 Å². The first-order chi connectivity index (χ1) is 9.71. The molecule has 0 N–H and O–H groups in total. The SMILES string of the molecule is O=C1C(Cl)=C(Cl)C(=O)N1CCc1cccc(C(F)(F)F)c1. The summed E-state index contributed by atoms with van der Waals surface area (Å²) >= 11 is 11.1. The first-order valence-electron chi connectivity index (χ1n) is 5.79. The Hall–Kier alpha value is -1.53. The maximum atomic E-state index is 12.6. The third kappa shape index (κ3) is 3.22. The number of nitrogens with zero attached hydrogens (tertiary/aromatic N) is 1. The highest BCUT2D eigenvalue weighted by Crippen LogP contribution is 2.30. The average Bonchev–Trinajstić information content (AvgIpc) is 2.61. The Kier molecular flexibility index (Phi) is 4.30. The van der Waals surface area contributed by atoms with Crippen LogP contribution in [0.25, 0.3) is 0 Å². The molecule has 1 aliphatic rings. The van der Waals surface area contributed by atoms with Crippen LogP contribution in [0.3, 0.4) is 0 Å². The number of carbonyl (C=O) groups excluding carboxylic acids is 2. The zero-order valence-corrected chi connectivity index (χ0v) is 11.9. The third-order valence-corrected chi connectivity index (χ3v) is 3.73. The van der Waals surface area contributed by atoms with Gasteiger partial charge in [-0.2, -0.15) is 13.2 Å². The highest BCUT2D eigenvalue weighted by Gasteiger charge is 2.36. The number of benzene rings is 1. The van der Waals surface area contributed by atoms with Crippen molar-refractivity contribution in [1.29, 1.82) is 0 Å². The topological polar surface area (TPSA) is 37.4 Å². The Bertz CT molecular complexity index is 617. The molecule has 0 saturated heterocycles. The number of carbonyl (C=O) groups is 2. The molecular weight excluding hydrogens is 330 g/mol. The normalized spacial score (nSPS) is 16.1. The molecule has 0 fully saturated rings. The molecule has 0 aromatic heterocycles. The number of imide groups is 1. The van der Waals surface area contributed by atoms with E-state index in [0.29, 0.717) is 5.56 Å². The summed E-state index contributed by atoms with van der Waals surface area (Å²) in [5, 5.41) is -0.739. The fourth-order valence-electron chi connectivity index (χ4n) is 1.86. The van der Waals surface area contributed by atoms with Gasteiger partial charge < -0.3 is 0 Å². The minimum absolute atomic E-state index is 0.0791. The van der Waals surface area contributed by atoms with Gasteiger partial charge in [0.2, 0.25) is 0 Å². The van der Waals surface area contributed by atoms with Gasteiger partial charge >= 0.3 is 6.18 Å². The van der Waals surface area contributed by atoms with Gasteiger partial charge in [-0.3, -0.25) is 14.5 Å². The van der Waals surface area contributed by atoms with E-state index in [9.17, 15) is 22.8 Å². The molecule has 1 aliphatic heterocycles. The maximum Gasteiger partial charge on any atom is 0.416 e. The quantitative estimate of drug-likeness (QED) is 0.793. The third-order valence-electron chi connectivity index (χ3n) is 2.94. The number of alkyl halides is 3. The van der Waals surface area contributed by atoms with Gasteiger partial charge in [-0.15, -0.1) is 0 Å². The van der Waals surface area contributed by atoms with Crippen LogP contribution in [0.5, 0.6) is 0 Å². The average molecular weight is 338 g/mol. The van der Waals surface area contributed by atoms with Crippen molar-refractivity contribution in [2.75, 3.05) is 6.54 Å². The summed E-state index contributed by atoms with van der Waals surface area (Å²) in [6.45, 7) is -0.0918. The summed E-state index contributed by atoms with van der Waals surface area (Å²) in [6.07, 6.45) is -4.36. The van der Waals surface area contributed by atoms with E-state index < -0.39 is 23.6 Å². The molecule has 1 heterocycles. The highest BCUT2D eigenvalue weighted by atomic mass is 35.5.